The fourth-order valence-electron chi connectivity index (χ4n) is 2.13. The number of carbonyl (C=O) groups excluding carboxylic acids is 2. The smallest absolute Gasteiger partial charge is 0.341 e. The highest BCUT2D eigenvalue weighted by Gasteiger charge is 2.37. The van der Waals surface area contributed by atoms with Crippen LogP contribution in [0.25, 0.3) is 0 Å². The lowest BCUT2D eigenvalue weighted by molar-refractivity contribution is -0.145. The molecule has 0 saturated heterocycles. The Bertz CT molecular complexity index is 651. The van der Waals surface area contributed by atoms with Crippen LogP contribution in [0.5, 0.6) is 0 Å². The molecule has 152 valence electrons. The molecule has 11 heteroatoms. The monoisotopic (exact) mass is 400 g/mol. The molecule has 5 nitrogen and oxygen atoms in total. The molecule has 1 N–H and O–H groups in total. The molecule has 0 spiro atoms. The van der Waals surface area contributed by atoms with Gasteiger partial charge in [-0.25, -0.2) is 5.48 Å². The number of hydrogen-bond acceptors (Lipinski definition) is 3. The Kier molecular flexibility index (Phi) is 7.24. The molecule has 1 atom stereocenters. The van der Waals surface area contributed by atoms with Crippen LogP contribution in [0.4, 0.5) is 26.3 Å². The van der Waals surface area contributed by atoms with Gasteiger partial charge in [-0.1, -0.05) is 0 Å². The Morgan fingerprint density at radius 2 is 1.44 bits per heavy atom. The van der Waals surface area contributed by atoms with Crippen LogP contribution in [0.2, 0.25) is 0 Å². The molecule has 0 aliphatic carbocycles. The lowest BCUT2D eigenvalue weighted by Crippen LogP contribution is -2.42. The van der Waals surface area contributed by atoms with Gasteiger partial charge in [-0.3, -0.25) is 14.4 Å². The molecular formula is C16H18F6N2O3. The van der Waals surface area contributed by atoms with E-state index in [1.807, 2.05) is 0 Å². The maximum Gasteiger partial charge on any atom is 0.416 e. The fourth-order valence-corrected chi connectivity index (χ4v) is 2.13. The van der Waals surface area contributed by atoms with E-state index in [4.69, 9.17) is 4.84 Å². The molecule has 0 aliphatic heterocycles. The Morgan fingerprint density at radius 1 is 1.00 bits per heavy atom. The van der Waals surface area contributed by atoms with Crippen LogP contribution < -0.4 is 5.48 Å². The summed E-state index contributed by atoms with van der Waals surface area (Å²) in [5.41, 5.74) is -2.44. The van der Waals surface area contributed by atoms with E-state index in [9.17, 15) is 35.9 Å². The van der Waals surface area contributed by atoms with Gasteiger partial charge in [-0.15, -0.1) is 0 Å². The van der Waals surface area contributed by atoms with Crippen LogP contribution in [-0.4, -0.2) is 35.9 Å². The van der Waals surface area contributed by atoms with Crippen molar-refractivity contribution in [3.05, 3.63) is 34.9 Å². The van der Waals surface area contributed by atoms with Gasteiger partial charge < -0.3 is 4.90 Å². The van der Waals surface area contributed by atoms with E-state index in [0.717, 1.165) is 0 Å². The summed E-state index contributed by atoms with van der Waals surface area (Å²) in [6.45, 7) is 5.41. The quantitative estimate of drug-likeness (QED) is 0.586. The van der Waals surface area contributed by atoms with Crippen molar-refractivity contribution in [1.82, 2.24) is 10.4 Å². The lowest BCUT2D eigenvalue weighted by Gasteiger charge is -2.22. The summed E-state index contributed by atoms with van der Waals surface area (Å²) in [7, 11) is 0. The molecule has 0 radical (unpaired) electrons. The number of benzene rings is 1. The summed E-state index contributed by atoms with van der Waals surface area (Å²) in [6.07, 6.45) is -11.3. The summed E-state index contributed by atoms with van der Waals surface area (Å²) in [5.74, 6) is -1.84. The van der Waals surface area contributed by atoms with Gasteiger partial charge in [0.05, 0.1) is 11.1 Å². The second-order valence-corrected chi connectivity index (χ2v) is 5.50. The van der Waals surface area contributed by atoms with Crippen LogP contribution in [0.3, 0.4) is 0 Å². The Morgan fingerprint density at radius 3 is 1.81 bits per heavy atom. The molecule has 0 aliphatic rings. The third-order valence-electron chi connectivity index (χ3n) is 3.60. The third kappa shape index (κ3) is 6.12. The average molecular weight is 400 g/mol. The summed E-state index contributed by atoms with van der Waals surface area (Å²) >= 11 is 0. The van der Waals surface area contributed by atoms with Gasteiger partial charge in [0.2, 0.25) is 0 Å². The number of alkyl halides is 6. The molecule has 0 bridgehead atoms. The highest BCUT2D eigenvalue weighted by molar-refractivity contribution is 5.94. The minimum Gasteiger partial charge on any atom is -0.341 e. The van der Waals surface area contributed by atoms with Crippen molar-refractivity contribution < 1.29 is 40.8 Å². The van der Waals surface area contributed by atoms with Gasteiger partial charge in [0.1, 0.15) is 0 Å². The maximum atomic E-state index is 12.8. The Hall–Kier alpha value is -2.30. The van der Waals surface area contributed by atoms with E-state index < -0.39 is 47.0 Å². The van der Waals surface area contributed by atoms with Crippen molar-refractivity contribution >= 4 is 11.8 Å². The van der Waals surface area contributed by atoms with Gasteiger partial charge >= 0.3 is 12.4 Å². The van der Waals surface area contributed by atoms with Crippen molar-refractivity contribution in [1.29, 1.82) is 0 Å². The number of amides is 2. The van der Waals surface area contributed by atoms with Crippen molar-refractivity contribution in [3.8, 4) is 0 Å². The van der Waals surface area contributed by atoms with Crippen LogP contribution in [0, 0.1) is 0 Å². The summed E-state index contributed by atoms with van der Waals surface area (Å²) in [4.78, 5) is 30.1. The molecule has 1 aromatic carbocycles. The highest BCUT2D eigenvalue weighted by Crippen LogP contribution is 2.36. The van der Waals surface area contributed by atoms with E-state index in [0.29, 0.717) is 13.1 Å². The first-order valence-corrected chi connectivity index (χ1v) is 7.85. The van der Waals surface area contributed by atoms with E-state index in [-0.39, 0.29) is 18.2 Å². The normalized spacial score (nSPS) is 13.2. The second-order valence-electron chi connectivity index (χ2n) is 5.50. The summed E-state index contributed by atoms with van der Waals surface area (Å²) < 4.78 is 76.8. The number of hydrogen-bond donors (Lipinski definition) is 1. The van der Waals surface area contributed by atoms with Crippen LogP contribution in [0.15, 0.2) is 18.2 Å². The van der Waals surface area contributed by atoms with Crippen molar-refractivity contribution in [2.24, 2.45) is 0 Å². The standard InChI is InChI=1S/C16H18F6N2O3/c1-4-24(5-2)14(26)9(3)27-23-13(25)10-6-11(15(17,18)19)8-12(7-10)16(20,21)22/h6-9H,4-5H2,1-3H3,(H,23,25). The Balaban J connectivity index is 3.02. The second kappa shape index (κ2) is 8.59. The van der Waals surface area contributed by atoms with Gasteiger partial charge in [0, 0.05) is 18.7 Å². The lowest BCUT2D eigenvalue weighted by atomic mass is 10.0. The number of rotatable bonds is 6. The van der Waals surface area contributed by atoms with Crippen molar-refractivity contribution in [2.75, 3.05) is 13.1 Å². The molecule has 0 heterocycles. The molecule has 27 heavy (non-hydrogen) atoms. The fraction of sp³-hybridized carbons (Fsp3) is 0.500. The first kappa shape index (κ1) is 22.7. The van der Waals surface area contributed by atoms with Gasteiger partial charge in [0.15, 0.2) is 6.10 Å². The number of likely N-dealkylation sites (N-methyl/N-ethyl adjacent to an activating group) is 1. The van der Waals surface area contributed by atoms with Gasteiger partial charge in [-0.05, 0) is 39.0 Å². The predicted octanol–water partition coefficient (Wildman–Crippen LogP) is 3.64. The van der Waals surface area contributed by atoms with Gasteiger partial charge in [-0.2, -0.15) is 26.3 Å². The Labute approximate surface area is 151 Å². The number of nitrogens with zero attached hydrogens (tertiary/aromatic N) is 1. The van der Waals surface area contributed by atoms with Gasteiger partial charge in [0.25, 0.3) is 11.8 Å². The molecule has 0 aromatic heterocycles. The molecule has 0 saturated carbocycles. The molecular weight excluding hydrogens is 382 g/mol. The molecule has 2 amide bonds. The van der Waals surface area contributed by atoms with E-state index in [1.54, 1.807) is 19.3 Å². The number of hydroxylamine groups is 1. The zero-order chi connectivity index (χ0) is 21.0. The zero-order valence-electron chi connectivity index (χ0n) is 14.7. The number of nitrogens with one attached hydrogen (secondary N) is 1. The van der Waals surface area contributed by atoms with E-state index in [1.165, 1.54) is 11.8 Å². The molecule has 1 rings (SSSR count). The number of carbonyl (C=O) groups is 2. The average Bonchev–Trinajstić information content (AvgIpc) is 2.58. The van der Waals surface area contributed by atoms with E-state index in [2.05, 4.69) is 0 Å². The maximum absolute atomic E-state index is 12.8. The first-order chi connectivity index (χ1) is 12.3. The summed E-state index contributed by atoms with van der Waals surface area (Å²) in [6, 6.07) is 0.444. The minimum atomic E-state index is -5.08. The largest absolute Gasteiger partial charge is 0.416 e. The van der Waals surface area contributed by atoms with Crippen LogP contribution in [0.1, 0.15) is 42.3 Å². The molecule has 1 aromatic rings. The number of halogens is 6. The highest BCUT2D eigenvalue weighted by atomic mass is 19.4. The third-order valence-corrected chi connectivity index (χ3v) is 3.60. The minimum absolute atomic E-state index is 0.0931. The van der Waals surface area contributed by atoms with E-state index >= 15 is 0 Å². The van der Waals surface area contributed by atoms with Crippen LogP contribution >= 0.6 is 0 Å². The molecule has 1 unspecified atom stereocenters. The summed E-state index contributed by atoms with van der Waals surface area (Å²) in [5, 5.41) is 0. The zero-order valence-corrected chi connectivity index (χ0v) is 14.7. The predicted molar refractivity (Wildman–Crippen MR) is 82.4 cm³/mol. The molecule has 0 fully saturated rings. The topological polar surface area (TPSA) is 58.6 Å². The van der Waals surface area contributed by atoms with Crippen molar-refractivity contribution in [3.63, 3.8) is 0 Å². The van der Waals surface area contributed by atoms with Crippen molar-refractivity contribution in [2.45, 2.75) is 39.2 Å². The SMILES string of the molecule is CCN(CC)C(=O)C(C)ONC(=O)c1cc(C(F)(F)F)cc(C(F)(F)F)c1. The van der Waals surface area contributed by atoms with Crippen LogP contribution in [-0.2, 0) is 22.0 Å². The first-order valence-electron chi connectivity index (χ1n) is 7.85.